The molecular formula is C10H12N2. The van der Waals surface area contributed by atoms with Crippen molar-refractivity contribution in [3.8, 4) is 6.07 Å². The van der Waals surface area contributed by atoms with E-state index in [9.17, 15) is 0 Å². The molecule has 0 aliphatic heterocycles. The van der Waals surface area contributed by atoms with Crippen LogP contribution in [0.25, 0.3) is 12.2 Å². The van der Waals surface area contributed by atoms with Gasteiger partial charge in [-0.1, -0.05) is 12.2 Å². The van der Waals surface area contributed by atoms with Gasteiger partial charge in [-0.05, 0) is 25.1 Å². The summed E-state index contributed by atoms with van der Waals surface area (Å²) >= 11 is 0. The van der Waals surface area contributed by atoms with Crippen molar-refractivity contribution in [2.45, 2.75) is 13.8 Å². The van der Waals surface area contributed by atoms with E-state index >= 15 is 0 Å². The highest BCUT2D eigenvalue weighted by atomic mass is 14.9. The van der Waals surface area contributed by atoms with Gasteiger partial charge in [-0.25, -0.2) is 0 Å². The predicted molar refractivity (Wildman–Crippen MR) is 49.7 cm³/mol. The van der Waals surface area contributed by atoms with Gasteiger partial charge in [0.2, 0.25) is 0 Å². The van der Waals surface area contributed by atoms with E-state index in [1.807, 2.05) is 43.7 Å². The van der Waals surface area contributed by atoms with Crippen LogP contribution in [0.1, 0.15) is 19.5 Å². The van der Waals surface area contributed by atoms with Gasteiger partial charge in [-0.2, -0.15) is 5.26 Å². The normalized spacial score (nSPS) is 13.5. The summed E-state index contributed by atoms with van der Waals surface area (Å²) in [5, 5.41) is 11.0. The molecule has 1 aromatic rings. The Morgan fingerprint density at radius 3 is 2.42 bits per heavy atom. The van der Waals surface area contributed by atoms with Crippen molar-refractivity contribution in [2.75, 3.05) is 0 Å². The summed E-state index contributed by atoms with van der Waals surface area (Å²) in [6.45, 7) is 3.95. The van der Waals surface area contributed by atoms with Crippen LogP contribution in [0, 0.1) is 11.3 Å². The molecule has 0 saturated carbocycles. The van der Waals surface area contributed by atoms with Crippen molar-refractivity contribution in [1.29, 1.82) is 5.26 Å². The fourth-order valence-electron chi connectivity index (χ4n) is 1.34. The lowest BCUT2D eigenvalue weighted by molar-refractivity contribution is 0.870. The molecule has 0 bridgehead atoms. The van der Waals surface area contributed by atoms with Gasteiger partial charge in [0.25, 0.3) is 0 Å². The van der Waals surface area contributed by atoms with Crippen LogP contribution < -0.4 is 10.6 Å². The lowest BCUT2D eigenvalue weighted by atomic mass is 10.3. The molecule has 1 rings (SSSR count). The summed E-state index contributed by atoms with van der Waals surface area (Å²) in [5.74, 6) is 0. The molecule has 2 heteroatoms. The zero-order valence-electron chi connectivity index (χ0n) is 7.63. The molecule has 0 N–H and O–H groups in total. The summed E-state index contributed by atoms with van der Waals surface area (Å²) < 4.78 is 1.90. The quantitative estimate of drug-likeness (QED) is 0.543. The third kappa shape index (κ3) is 1.14. The predicted octanol–water partition coefficient (Wildman–Crippen LogP) is 0.498. The van der Waals surface area contributed by atoms with Crippen molar-refractivity contribution in [3.63, 3.8) is 0 Å². The molecule has 0 saturated heterocycles. The first kappa shape index (κ1) is 8.61. The smallest absolute Gasteiger partial charge is 0.121 e. The number of hydrogen-bond acceptors (Lipinski definition) is 1. The van der Waals surface area contributed by atoms with E-state index in [4.69, 9.17) is 5.26 Å². The minimum atomic E-state index is 0.705. The Morgan fingerprint density at radius 1 is 1.42 bits per heavy atom. The minimum Gasteiger partial charge on any atom is -0.336 e. The van der Waals surface area contributed by atoms with Crippen LogP contribution >= 0.6 is 0 Å². The van der Waals surface area contributed by atoms with E-state index in [0.29, 0.717) is 5.69 Å². The topological polar surface area (TPSA) is 28.7 Å². The van der Waals surface area contributed by atoms with Crippen molar-refractivity contribution < 1.29 is 0 Å². The Kier molecular flexibility index (Phi) is 2.35. The molecule has 0 aliphatic rings. The maximum absolute atomic E-state index is 8.75. The second kappa shape index (κ2) is 3.27. The van der Waals surface area contributed by atoms with E-state index in [2.05, 4.69) is 6.07 Å². The van der Waals surface area contributed by atoms with Gasteiger partial charge in [0.05, 0.1) is 0 Å². The second-order valence-corrected chi connectivity index (χ2v) is 2.62. The molecule has 0 aliphatic carbocycles. The number of aromatic nitrogens is 1. The van der Waals surface area contributed by atoms with Crippen LogP contribution in [0.15, 0.2) is 6.07 Å². The highest BCUT2D eigenvalue weighted by Gasteiger charge is 1.98. The summed E-state index contributed by atoms with van der Waals surface area (Å²) in [7, 11) is 1.90. The SMILES string of the molecule is CC=c1cc(C#N)n(C)c1=CC. The number of nitriles is 1. The third-order valence-electron chi connectivity index (χ3n) is 2.01. The maximum Gasteiger partial charge on any atom is 0.121 e. The van der Waals surface area contributed by atoms with Crippen LogP contribution in [0.3, 0.4) is 0 Å². The zero-order chi connectivity index (χ0) is 9.14. The number of nitrogens with zero attached hydrogens (tertiary/aromatic N) is 2. The minimum absolute atomic E-state index is 0.705. The molecular weight excluding hydrogens is 148 g/mol. The third-order valence-corrected chi connectivity index (χ3v) is 2.01. The first-order chi connectivity index (χ1) is 5.74. The summed E-state index contributed by atoms with van der Waals surface area (Å²) in [6.07, 6.45) is 4.02. The van der Waals surface area contributed by atoms with E-state index in [0.717, 1.165) is 10.6 Å². The monoisotopic (exact) mass is 160 g/mol. The molecule has 0 aromatic carbocycles. The van der Waals surface area contributed by atoms with Crippen molar-refractivity contribution in [3.05, 3.63) is 22.3 Å². The lowest BCUT2D eigenvalue weighted by Gasteiger charge is -1.91. The van der Waals surface area contributed by atoms with Gasteiger partial charge in [0, 0.05) is 12.4 Å². The molecule has 0 spiro atoms. The second-order valence-electron chi connectivity index (χ2n) is 2.62. The van der Waals surface area contributed by atoms with Gasteiger partial charge in [-0.15, -0.1) is 0 Å². The van der Waals surface area contributed by atoms with Crippen LogP contribution in [0.4, 0.5) is 0 Å². The summed E-state index contributed by atoms with van der Waals surface area (Å²) in [6, 6.07) is 4.05. The van der Waals surface area contributed by atoms with E-state index in [1.165, 1.54) is 0 Å². The molecule has 1 heterocycles. The van der Waals surface area contributed by atoms with E-state index in [1.54, 1.807) is 0 Å². The van der Waals surface area contributed by atoms with Crippen LogP contribution in [-0.4, -0.2) is 4.57 Å². The van der Waals surface area contributed by atoms with Crippen LogP contribution in [0.5, 0.6) is 0 Å². The van der Waals surface area contributed by atoms with Crippen molar-refractivity contribution in [2.24, 2.45) is 7.05 Å². The number of rotatable bonds is 0. The lowest BCUT2D eigenvalue weighted by Crippen LogP contribution is -2.26. The van der Waals surface area contributed by atoms with Gasteiger partial charge >= 0.3 is 0 Å². The Balaban J connectivity index is 3.71. The standard InChI is InChI=1S/C10H12N2/c1-4-8-6-9(7-11)12(3)10(8)5-2/h4-6H,1-3H3. The first-order valence-electron chi connectivity index (χ1n) is 3.93. The molecule has 62 valence electrons. The molecule has 1 aromatic heterocycles. The first-order valence-corrected chi connectivity index (χ1v) is 3.93. The molecule has 0 radical (unpaired) electrons. The van der Waals surface area contributed by atoms with Crippen LogP contribution in [-0.2, 0) is 7.05 Å². The average Bonchev–Trinajstić information content (AvgIpc) is 2.41. The van der Waals surface area contributed by atoms with Crippen molar-refractivity contribution in [1.82, 2.24) is 4.57 Å². The van der Waals surface area contributed by atoms with Gasteiger partial charge in [0.15, 0.2) is 0 Å². The number of hydrogen-bond donors (Lipinski definition) is 0. The van der Waals surface area contributed by atoms with Gasteiger partial charge in [-0.3, -0.25) is 0 Å². The Labute approximate surface area is 72.1 Å². The Morgan fingerprint density at radius 2 is 2.08 bits per heavy atom. The molecule has 0 fully saturated rings. The highest BCUT2D eigenvalue weighted by molar-refractivity contribution is 5.33. The average molecular weight is 160 g/mol. The summed E-state index contributed by atoms with van der Waals surface area (Å²) in [5.41, 5.74) is 0.705. The zero-order valence-corrected chi connectivity index (χ0v) is 7.63. The molecule has 0 amide bonds. The van der Waals surface area contributed by atoms with Crippen molar-refractivity contribution >= 4 is 12.2 Å². The fourth-order valence-corrected chi connectivity index (χ4v) is 1.34. The fraction of sp³-hybridized carbons (Fsp3) is 0.300. The van der Waals surface area contributed by atoms with E-state index in [-0.39, 0.29) is 0 Å². The van der Waals surface area contributed by atoms with E-state index < -0.39 is 0 Å². The largest absolute Gasteiger partial charge is 0.336 e. The highest BCUT2D eigenvalue weighted by Crippen LogP contribution is 1.86. The molecule has 2 nitrogen and oxygen atoms in total. The maximum atomic E-state index is 8.75. The Hall–Kier alpha value is -1.49. The van der Waals surface area contributed by atoms with Gasteiger partial charge < -0.3 is 4.57 Å². The molecule has 0 atom stereocenters. The Bertz CT molecular complexity index is 430. The summed E-state index contributed by atoms with van der Waals surface area (Å²) in [4.78, 5) is 0. The molecule has 0 unspecified atom stereocenters. The molecule has 12 heavy (non-hydrogen) atoms. The van der Waals surface area contributed by atoms with Crippen LogP contribution in [0.2, 0.25) is 0 Å². The van der Waals surface area contributed by atoms with Gasteiger partial charge in [0.1, 0.15) is 11.8 Å².